The lowest BCUT2D eigenvalue weighted by Crippen LogP contribution is -2.28. The fourth-order valence-corrected chi connectivity index (χ4v) is 3.95. The Hall–Kier alpha value is -2.29. The Balaban J connectivity index is 1.77. The number of thioether (sulfide) groups is 1. The number of carbonyl (C=O) groups excluding carboxylic acids is 1. The molecule has 1 unspecified atom stereocenters. The van der Waals surface area contributed by atoms with Gasteiger partial charge >= 0.3 is 6.18 Å². The molecule has 0 aliphatic carbocycles. The van der Waals surface area contributed by atoms with Crippen LogP contribution in [0, 0.1) is 0 Å². The molecule has 9 heteroatoms. The van der Waals surface area contributed by atoms with Crippen molar-refractivity contribution in [1.29, 1.82) is 0 Å². The Labute approximate surface area is 151 Å². The molecule has 0 fully saturated rings. The second-order valence-electron chi connectivity index (χ2n) is 5.85. The molecule has 138 valence electrons. The number of alkyl halides is 3. The molecule has 26 heavy (non-hydrogen) atoms. The maximum Gasteiger partial charge on any atom is 0.418 e. The van der Waals surface area contributed by atoms with Gasteiger partial charge < -0.3 is 5.32 Å². The molecule has 0 spiro atoms. The molecule has 3 rings (SSSR count). The number of hydrogen-bond acceptors (Lipinski definition) is 4. The number of carbonyl (C=O) groups is 1. The molecule has 0 bridgehead atoms. The number of para-hydroxylation sites is 1. The van der Waals surface area contributed by atoms with Gasteiger partial charge in [0.1, 0.15) is 0 Å². The zero-order valence-corrected chi connectivity index (χ0v) is 14.7. The Morgan fingerprint density at radius 3 is 2.81 bits per heavy atom. The summed E-state index contributed by atoms with van der Waals surface area (Å²) in [6, 6.07) is 5.81. The Kier molecular flexibility index (Phi) is 5.08. The number of aromatic nitrogens is 2. The maximum absolute atomic E-state index is 13.0. The second-order valence-corrected chi connectivity index (χ2v) is 6.84. The van der Waals surface area contributed by atoms with E-state index >= 15 is 0 Å². The van der Waals surface area contributed by atoms with Crippen LogP contribution in [0.5, 0.6) is 0 Å². The first-order chi connectivity index (χ1) is 12.3. The number of halogens is 3. The van der Waals surface area contributed by atoms with Gasteiger partial charge in [-0.05, 0) is 18.6 Å². The van der Waals surface area contributed by atoms with Gasteiger partial charge in [-0.15, -0.1) is 0 Å². The highest BCUT2D eigenvalue weighted by molar-refractivity contribution is 7.99. The fourth-order valence-electron chi connectivity index (χ4n) is 2.78. The van der Waals surface area contributed by atoms with Gasteiger partial charge in [0.2, 0.25) is 5.91 Å². The monoisotopic (exact) mass is 383 g/mol. The topological polar surface area (TPSA) is 64.0 Å². The Morgan fingerprint density at radius 1 is 1.38 bits per heavy atom. The van der Waals surface area contributed by atoms with Crippen LogP contribution in [0.3, 0.4) is 0 Å². The lowest BCUT2D eigenvalue weighted by Gasteiger charge is -2.16. The van der Waals surface area contributed by atoms with Crippen molar-refractivity contribution in [2.45, 2.75) is 37.1 Å². The smallest absolute Gasteiger partial charge is 0.325 e. The molecular formula is C17H16F3N3O2S. The van der Waals surface area contributed by atoms with Gasteiger partial charge in [-0.25, -0.2) is 4.98 Å². The number of hydrogen-bond donors (Lipinski definition) is 1. The van der Waals surface area contributed by atoms with Gasteiger partial charge in [-0.1, -0.05) is 30.8 Å². The summed E-state index contributed by atoms with van der Waals surface area (Å²) >= 11 is 1.37. The number of nitrogens with one attached hydrogen (secondary N) is 1. The van der Waals surface area contributed by atoms with Crippen LogP contribution >= 0.6 is 11.8 Å². The average Bonchev–Trinajstić information content (AvgIpc) is 2.97. The third-order valence-corrected chi connectivity index (χ3v) is 5.13. The van der Waals surface area contributed by atoms with Gasteiger partial charge in [0.15, 0.2) is 5.16 Å². The van der Waals surface area contributed by atoms with E-state index in [4.69, 9.17) is 0 Å². The normalized spacial score (nSPS) is 16.4. The molecule has 1 atom stereocenters. The van der Waals surface area contributed by atoms with Gasteiger partial charge in [0, 0.05) is 23.9 Å². The highest BCUT2D eigenvalue weighted by Crippen LogP contribution is 2.35. The average molecular weight is 383 g/mol. The predicted molar refractivity (Wildman–Crippen MR) is 92.3 cm³/mol. The van der Waals surface area contributed by atoms with E-state index < -0.39 is 23.7 Å². The van der Waals surface area contributed by atoms with Crippen molar-refractivity contribution in [3.8, 4) is 0 Å². The van der Waals surface area contributed by atoms with E-state index in [-0.39, 0.29) is 17.7 Å². The second kappa shape index (κ2) is 7.14. The first-order valence-electron chi connectivity index (χ1n) is 8.01. The van der Waals surface area contributed by atoms with Crippen LogP contribution < -0.4 is 10.9 Å². The van der Waals surface area contributed by atoms with Crippen molar-refractivity contribution in [3.63, 3.8) is 0 Å². The van der Waals surface area contributed by atoms with Crippen molar-refractivity contribution in [3.05, 3.63) is 51.9 Å². The lowest BCUT2D eigenvalue weighted by molar-refractivity contribution is -0.137. The third kappa shape index (κ3) is 3.77. The first kappa shape index (κ1) is 18.5. The molecule has 0 saturated heterocycles. The number of rotatable bonds is 4. The van der Waals surface area contributed by atoms with Crippen LogP contribution in [0.4, 0.5) is 18.9 Å². The van der Waals surface area contributed by atoms with Crippen LogP contribution in [0.25, 0.3) is 0 Å². The van der Waals surface area contributed by atoms with Crippen LogP contribution in [-0.2, 0) is 17.4 Å². The highest BCUT2D eigenvalue weighted by Gasteiger charge is 2.34. The van der Waals surface area contributed by atoms with Crippen molar-refractivity contribution < 1.29 is 18.0 Å². The summed E-state index contributed by atoms with van der Waals surface area (Å²) < 4.78 is 40.5. The predicted octanol–water partition coefficient (Wildman–Crippen LogP) is 3.50. The van der Waals surface area contributed by atoms with E-state index in [0.29, 0.717) is 23.0 Å². The zero-order valence-electron chi connectivity index (χ0n) is 13.8. The molecule has 2 aromatic rings. The minimum Gasteiger partial charge on any atom is -0.325 e. The molecule has 2 heterocycles. The van der Waals surface area contributed by atoms with E-state index in [1.165, 1.54) is 40.6 Å². The summed E-state index contributed by atoms with van der Waals surface area (Å²) in [5, 5.41) is 2.86. The van der Waals surface area contributed by atoms with Gasteiger partial charge in [0.05, 0.1) is 17.3 Å². The summed E-state index contributed by atoms with van der Waals surface area (Å²) in [5.41, 5.74) is -0.757. The van der Waals surface area contributed by atoms with E-state index in [2.05, 4.69) is 10.3 Å². The standard InChI is InChI=1S/C17H16F3N3O2S/c1-2-10-7-15(25)23-11(9-26-16(23)21-10)8-14(24)22-13-6-4-3-5-12(13)17(18,19)20/h3-7,11H,2,8-9H2,1H3,(H,22,24). The minimum atomic E-state index is -4.56. The zero-order chi connectivity index (χ0) is 18.9. The van der Waals surface area contributed by atoms with Crippen molar-refractivity contribution in [1.82, 2.24) is 9.55 Å². The summed E-state index contributed by atoms with van der Waals surface area (Å²) in [6.07, 6.45) is -4.03. The Bertz CT molecular complexity index is 896. The van der Waals surface area contributed by atoms with Crippen LogP contribution in [0.1, 0.15) is 30.6 Å². The fraction of sp³-hybridized carbons (Fsp3) is 0.353. The Morgan fingerprint density at radius 2 is 2.12 bits per heavy atom. The van der Waals surface area contributed by atoms with Crippen molar-refractivity contribution in [2.24, 2.45) is 0 Å². The summed E-state index contributed by atoms with van der Waals surface area (Å²) in [5.74, 6) is -0.101. The summed E-state index contributed by atoms with van der Waals surface area (Å²) in [4.78, 5) is 28.9. The number of anilines is 1. The molecule has 1 amide bonds. The van der Waals surface area contributed by atoms with Crippen LogP contribution in [0.2, 0.25) is 0 Å². The third-order valence-electron chi connectivity index (χ3n) is 4.03. The van der Waals surface area contributed by atoms with Gasteiger partial charge in [-0.2, -0.15) is 13.2 Å². The largest absolute Gasteiger partial charge is 0.418 e. The van der Waals surface area contributed by atoms with Gasteiger partial charge in [-0.3, -0.25) is 14.2 Å². The van der Waals surface area contributed by atoms with E-state index in [1.807, 2.05) is 6.92 Å². The van der Waals surface area contributed by atoms with Crippen LogP contribution in [0.15, 0.2) is 40.3 Å². The number of aryl methyl sites for hydroxylation is 1. The highest BCUT2D eigenvalue weighted by atomic mass is 32.2. The number of fused-ring (bicyclic) bond motifs is 1. The quantitative estimate of drug-likeness (QED) is 0.821. The number of benzene rings is 1. The van der Waals surface area contributed by atoms with E-state index in [9.17, 15) is 22.8 Å². The van der Waals surface area contributed by atoms with E-state index in [1.54, 1.807) is 0 Å². The van der Waals surface area contributed by atoms with Crippen molar-refractivity contribution >= 4 is 23.4 Å². The van der Waals surface area contributed by atoms with Gasteiger partial charge in [0.25, 0.3) is 5.56 Å². The van der Waals surface area contributed by atoms with Crippen LogP contribution in [-0.4, -0.2) is 21.2 Å². The number of amides is 1. The maximum atomic E-state index is 13.0. The molecular weight excluding hydrogens is 367 g/mol. The molecule has 1 aliphatic rings. The molecule has 1 N–H and O–H groups in total. The molecule has 0 saturated carbocycles. The van der Waals surface area contributed by atoms with Crippen molar-refractivity contribution in [2.75, 3.05) is 11.1 Å². The molecule has 0 radical (unpaired) electrons. The molecule has 1 aromatic heterocycles. The molecule has 1 aliphatic heterocycles. The minimum absolute atomic E-state index is 0.0980. The summed E-state index contributed by atoms with van der Waals surface area (Å²) in [7, 11) is 0. The summed E-state index contributed by atoms with van der Waals surface area (Å²) in [6.45, 7) is 1.89. The van der Waals surface area contributed by atoms with E-state index in [0.717, 1.165) is 6.07 Å². The molecule has 1 aromatic carbocycles. The lowest BCUT2D eigenvalue weighted by atomic mass is 10.1. The first-order valence-corrected chi connectivity index (χ1v) is 8.99. The SMILES string of the molecule is CCc1cc(=O)n2c(n1)SCC2CC(=O)Nc1ccccc1C(F)(F)F. The molecule has 5 nitrogen and oxygen atoms in total. The number of nitrogens with zero attached hydrogens (tertiary/aromatic N) is 2.